The molecule has 2 aromatic rings. The molecule has 4 heteroatoms. The molecule has 1 heterocycles. The number of nitrogens with one attached hydrogen (secondary N) is 1. The van der Waals surface area contributed by atoms with E-state index in [4.69, 9.17) is 5.84 Å². The van der Waals surface area contributed by atoms with E-state index in [-0.39, 0.29) is 11.6 Å². The highest BCUT2D eigenvalue weighted by Crippen LogP contribution is 2.33. The zero-order chi connectivity index (χ0) is 15.5. The average molecular weight is 286 g/mol. The summed E-state index contributed by atoms with van der Waals surface area (Å²) in [5, 5.41) is 1.14. The fraction of sp³-hybridized carbons (Fsp3) is 0.471. The van der Waals surface area contributed by atoms with Gasteiger partial charge in [0.25, 0.3) is 0 Å². The third kappa shape index (κ3) is 2.93. The summed E-state index contributed by atoms with van der Waals surface area (Å²) < 4.78 is 0. The van der Waals surface area contributed by atoms with Gasteiger partial charge in [0.2, 0.25) is 0 Å². The highest BCUT2D eigenvalue weighted by atomic mass is 15.3. The van der Waals surface area contributed by atoms with E-state index in [0.29, 0.717) is 0 Å². The minimum atomic E-state index is -0.107. The molecular formula is C17H26N4. The molecule has 1 aromatic carbocycles. The number of rotatable bonds is 6. The van der Waals surface area contributed by atoms with E-state index < -0.39 is 0 Å². The van der Waals surface area contributed by atoms with Crippen molar-refractivity contribution < 1.29 is 0 Å². The molecule has 0 fully saturated rings. The van der Waals surface area contributed by atoms with Crippen LogP contribution in [0.2, 0.25) is 0 Å². The molecule has 2 rings (SSSR count). The Labute approximate surface area is 127 Å². The third-order valence-electron chi connectivity index (χ3n) is 4.43. The lowest BCUT2D eigenvalue weighted by Crippen LogP contribution is -2.54. The maximum absolute atomic E-state index is 5.92. The fourth-order valence-corrected chi connectivity index (χ4v) is 3.26. The minimum Gasteiger partial charge on any atom is -0.297 e. The van der Waals surface area contributed by atoms with Crippen molar-refractivity contribution in [1.29, 1.82) is 0 Å². The van der Waals surface area contributed by atoms with Crippen LogP contribution in [0.15, 0.2) is 36.5 Å². The molecule has 0 aliphatic rings. The number of nitrogens with zero attached hydrogens (tertiary/aromatic N) is 2. The summed E-state index contributed by atoms with van der Waals surface area (Å²) in [6, 6.07) is 10.3. The number of hydrazine groups is 1. The quantitative estimate of drug-likeness (QED) is 0.633. The molecule has 1 aromatic heterocycles. The van der Waals surface area contributed by atoms with Gasteiger partial charge in [0.1, 0.15) is 0 Å². The normalized spacial score (nSPS) is 13.8. The second kappa shape index (κ2) is 6.52. The van der Waals surface area contributed by atoms with Gasteiger partial charge in [0, 0.05) is 17.1 Å². The summed E-state index contributed by atoms with van der Waals surface area (Å²) in [6.45, 7) is 10.8. The molecular weight excluding hydrogens is 260 g/mol. The number of fused-ring (bicyclic) bond motifs is 1. The first-order valence-corrected chi connectivity index (χ1v) is 7.61. The Morgan fingerprint density at radius 2 is 1.86 bits per heavy atom. The monoisotopic (exact) mass is 286 g/mol. The topological polar surface area (TPSA) is 54.2 Å². The first-order chi connectivity index (χ1) is 10.1. The van der Waals surface area contributed by atoms with Crippen LogP contribution in [0.3, 0.4) is 0 Å². The van der Waals surface area contributed by atoms with Crippen LogP contribution in [-0.4, -0.2) is 28.5 Å². The van der Waals surface area contributed by atoms with Gasteiger partial charge in [0.15, 0.2) is 0 Å². The summed E-state index contributed by atoms with van der Waals surface area (Å²) in [5.74, 6) is 5.92. The molecule has 1 atom stereocenters. The molecule has 0 bridgehead atoms. The zero-order valence-electron chi connectivity index (χ0n) is 13.4. The lowest BCUT2D eigenvalue weighted by molar-refractivity contribution is 0.0917. The molecule has 1 unspecified atom stereocenters. The van der Waals surface area contributed by atoms with Crippen LogP contribution in [0.1, 0.15) is 39.3 Å². The lowest BCUT2D eigenvalue weighted by atomic mass is 9.86. The van der Waals surface area contributed by atoms with Crippen molar-refractivity contribution in [3.8, 4) is 0 Å². The van der Waals surface area contributed by atoms with Crippen LogP contribution in [0.5, 0.6) is 0 Å². The number of hydrogen-bond donors (Lipinski definition) is 2. The Morgan fingerprint density at radius 1 is 1.19 bits per heavy atom. The first kappa shape index (κ1) is 15.9. The van der Waals surface area contributed by atoms with Crippen molar-refractivity contribution in [3.05, 3.63) is 42.1 Å². The highest BCUT2D eigenvalue weighted by molar-refractivity contribution is 5.82. The second-order valence-corrected chi connectivity index (χ2v) is 5.85. The Morgan fingerprint density at radius 3 is 2.48 bits per heavy atom. The predicted octanol–water partition coefficient (Wildman–Crippen LogP) is 2.86. The van der Waals surface area contributed by atoms with E-state index in [0.717, 1.165) is 29.6 Å². The van der Waals surface area contributed by atoms with Crippen molar-refractivity contribution >= 4 is 10.9 Å². The number of likely N-dealkylation sites (N-methyl/N-ethyl adjacent to an activating group) is 1. The van der Waals surface area contributed by atoms with E-state index in [1.54, 1.807) is 0 Å². The van der Waals surface area contributed by atoms with E-state index in [1.165, 1.54) is 0 Å². The van der Waals surface area contributed by atoms with Gasteiger partial charge >= 0.3 is 0 Å². The van der Waals surface area contributed by atoms with Gasteiger partial charge in [-0.25, -0.2) is 0 Å². The SMILES string of the molecule is CCN(CC)C(C)(C)C(NN)c1cccc2cccnc12. The van der Waals surface area contributed by atoms with Gasteiger partial charge in [0.05, 0.1) is 11.6 Å². The lowest BCUT2D eigenvalue weighted by Gasteiger charge is -2.43. The van der Waals surface area contributed by atoms with Crippen LogP contribution in [0.4, 0.5) is 0 Å². The maximum Gasteiger partial charge on any atom is 0.0750 e. The van der Waals surface area contributed by atoms with Crippen LogP contribution in [-0.2, 0) is 0 Å². The summed E-state index contributed by atoms with van der Waals surface area (Å²) in [6.07, 6.45) is 1.84. The molecule has 21 heavy (non-hydrogen) atoms. The van der Waals surface area contributed by atoms with Gasteiger partial charge in [-0.3, -0.25) is 21.2 Å². The second-order valence-electron chi connectivity index (χ2n) is 5.85. The molecule has 0 aliphatic carbocycles. The smallest absolute Gasteiger partial charge is 0.0750 e. The van der Waals surface area contributed by atoms with Crippen LogP contribution >= 0.6 is 0 Å². The first-order valence-electron chi connectivity index (χ1n) is 7.61. The number of para-hydroxylation sites is 1. The molecule has 4 nitrogen and oxygen atoms in total. The molecule has 0 amide bonds. The van der Waals surface area contributed by atoms with Gasteiger partial charge in [-0.05, 0) is 38.6 Å². The molecule has 0 saturated carbocycles. The van der Waals surface area contributed by atoms with Crippen LogP contribution in [0, 0.1) is 0 Å². The summed E-state index contributed by atoms with van der Waals surface area (Å²) in [7, 11) is 0. The van der Waals surface area contributed by atoms with Crippen molar-refractivity contribution in [2.75, 3.05) is 13.1 Å². The standard InChI is InChI=1S/C17H26N4/c1-5-21(6-2)17(3,4)16(20-18)14-11-7-9-13-10-8-12-19-15(13)14/h7-12,16,20H,5-6,18H2,1-4H3. The Bertz CT molecular complexity index is 585. The molecule has 0 spiro atoms. The van der Waals surface area contributed by atoms with Crippen LogP contribution in [0.25, 0.3) is 10.9 Å². The highest BCUT2D eigenvalue weighted by Gasteiger charge is 2.35. The Kier molecular flexibility index (Phi) is 4.93. The van der Waals surface area contributed by atoms with Crippen LogP contribution < -0.4 is 11.3 Å². The van der Waals surface area contributed by atoms with E-state index in [1.807, 2.05) is 12.3 Å². The molecule has 0 saturated heterocycles. The molecule has 0 radical (unpaired) electrons. The van der Waals surface area contributed by atoms with Crippen molar-refractivity contribution in [3.63, 3.8) is 0 Å². The van der Waals surface area contributed by atoms with Gasteiger partial charge in [-0.2, -0.15) is 0 Å². The number of pyridine rings is 1. The van der Waals surface area contributed by atoms with E-state index in [2.05, 4.69) is 67.3 Å². The number of aromatic nitrogens is 1. The minimum absolute atomic E-state index is 0.0102. The Hall–Kier alpha value is -1.49. The summed E-state index contributed by atoms with van der Waals surface area (Å²) in [5.41, 5.74) is 5.07. The molecule has 114 valence electrons. The van der Waals surface area contributed by atoms with Crippen molar-refractivity contribution in [1.82, 2.24) is 15.3 Å². The fourth-order valence-electron chi connectivity index (χ4n) is 3.26. The van der Waals surface area contributed by atoms with Gasteiger partial charge in [-0.15, -0.1) is 0 Å². The number of nitrogens with two attached hydrogens (primary N) is 1. The summed E-state index contributed by atoms with van der Waals surface area (Å²) in [4.78, 5) is 6.98. The summed E-state index contributed by atoms with van der Waals surface area (Å²) >= 11 is 0. The van der Waals surface area contributed by atoms with Crippen molar-refractivity contribution in [2.45, 2.75) is 39.3 Å². The van der Waals surface area contributed by atoms with Gasteiger partial charge < -0.3 is 0 Å². The third-order valence-corrected chi connectivity index (χ3v) is 4.43. The maximum atomic E-state index is 5.92. The number of hydrogen-bond acceptors (Lipinski definition) is 4. The Balaban J connectivity index is 2.54. The molecule has 0 aliphatic heterocycles. The average Bonchev–Trinajstić information content (AvgIpc) is 2.49. The predicted molar refractivity (Wildman–Crippen MR) is 88.8 cm³/mol. The largest absolute Gasteiger partial charge is 0.297 e. The number of benzene rings is 1. The van der Waals surface area contributed by atoms with Gasteiger partial charge in [-0.1, -0.05) is 38.1 Å². The van der Waals surface area contributed by atoms with Crippen molar-refractivity contribution in [2.24, 2.45) is 5.84 Å². The zero-order valence-corrected chi connectivity index (χ0v) is 13.4. The van der Waals surface area contributed by atoms with E-state index >= 15 is 0 Å². The van der Waals surface area contributed by atoms with E-state index in [9.17, 15) is 0 Å². The molecule has 3 N–H and O–H groups in total.